The van der Waals surface area contributed by atoms with Gasteiger partial charge in [-0.25, -0.2) is 0 Å². The van der Waals surface area contributed by atoms with E-state index in [1.807, 2.05) is 72.8 Å². The summed E-state index contributed by atoms with van der Waals surface area (Å²) in [5.41, 5.74) is 12.1. The number of hydrogen-bond donors (Lipinski definition) is 0. The largest absolute Gasteiger partial charge is 0.289 e. The molecule has 248 valence electrons. The Balaban J connectivity index is 1.21. The van der Waals surface area contributed by atoms with Crippen molar-refractivity contribution in [2.45, 2.75) is 38.5 Å². The van der Waals surface area contributed by atoms with Gasteiger partial charge in [-0.15, -0.1) is 0 Å². The van der Waals surface area contributed by atoms with Crippen molar-refractivity contribution >= 4 is 43.9 Å². The molecule has 0 saturated carbocycles. The highest BCUT2D eigenvalue weighted by atomic mass is 16.1. The zero-order chi connectivity index (χ0) is 35.5. The molecule has 8 aromatic rings. The second kappa shape index (κ2) is 10.7. The fraction of sp³-hybridized carbons (Fsp3) is 0.120. The van der Waals surface area contributed by atoms with Gasteiger partial charge in [0.2, 0.25) is 0 Å². The van der Waals surface area contributed by atoms with Gasteiger partial charge in [-0.3, -0.25) is 9.59 Å². The number of fused-ring (bicyclic) bond motifs is 13. The van der Waals surface area contributed by atoms with E-state index in [4.69, 9.17) is 0 Å². The molecule has 0 N–H and O–H groups in total. The lowest BCUT2D eigenvalue weighted by atomic mass is 9.76. The smallest absolute Gasteiger partial charge is 0.193 e. The van der Waals surface area contributed by atoms with Crippen molar-refractivity contribution in [3.63, 3.8) is 0 Å². The van der Waals surface area contributed by atoms with Crippen molar-refractivity contribution in [1.29, 1.82) is 0 Å². The average Bonchev–Trinajstić information content (AvgIpc) is 3.57. The molecule has 2 nitrogen and oxygen atoms in total. The average molecular weight is 669 g/mol. The van der Waals surface area contributed by atoms with Crippen LogP contribution in [0, 0.1) is 0 Å². The molecule has 0 saturated heterocycles. The molecule has 0 aromatic heterocycles. The van der Waals surface area contributed by atoms with E-state index in [1.165, 1.54) is 55.3 Å². The van der Waals surface area contributed by atoms with Crippen LogP contribution in [0.15, 0.2) is 146 Å². The summed E-state index contributed by atoms with van der Waals surface area (Å²) in [6.45, 7) is 9.24. The quantitative estimate of drug-likeness (QED) is 0.175. The molecule has 0 bridgehead atoms. The molecule has 0 fully saturated rings. The van der Waals surface area contributed by atoms with Crippen molar-refractivity contribution in [3.8, 4) is 22.3 Å². The number of rotatable bonds is 4. The van der Waals surface area contributed by atoms with Crippen LogP contribution in [0.25, 0.3) is 54.6 Å². The molecule has 0 amide bonds. The third kappa shape index (κ3) is 4.01. The fourth-order valence-corrected chi connectivity index (χ4v) is 9.62. The maximum absolute atomic E-state index is 14.1. The zero-order valence-corrected chi connectivity index (χ0v) is 29.7. The Morgan fingerprint density at radius 1 is 0.385 bits per heavy atom. The summed E-state index contributed by atoms with van der Waals surface area (Å²) >= 11 is 0. The van der Waals surface area contributed by atoms with Crippen LogP contribution in [0.4, 0.5) is 0 Å². The van der Waals surface area contributed by atoms with E-state index in [0.29, 0.717) is 11.1 Å². The van der Waals surface area contributed by atoms with Crippen molar-refractivity contribution < 1.29 is 9.59 Å². The van der Waals surface area contributed by atoms with Crippen molar-refractivity contribution in [3.05, 3.63) is 190 Å². The Morgan fingerprint density at radius 3 is 1.12 bits per heavy atom. The molecule has 0 aliphatic heterocycles. The van der Waals surface area contributed by atoms with Gasteiger partial charge in [0.25, 0.3) is 0 Å². The van der Waals surface area contributed by atoms with Gasteiger partial charge in [0, 0.05) is 33.1 Å². The lowest BCUT2D eigenvalue weighted by Crippen LogP contribution is -2.18. The van der Waals surface area contributed by atoms with Gasteiger partial charge >= 0.3 is 0 Å². The van der Waals surface area contributed by atoms with Crippen LogP contribution in [0.2, 0.25) is 0 Å². The van der Waals surface area contributed by atoms with Crippen LogP contribution in [0.3, 0.4) is 0 Å². The van der Waals surface area contributed by atoms with E-state index in [1.54, 1.807) is 0 Å². The van der Waals surface area contributed by atoms with Crippen LogP contribution in [0.1, 0.15) is 81.8 Å². The Morgan fingerprint density at radius 2 is 0.731 bits per heavy atom. The minimum Gasteiger partial charge on any atom is -0.289 e. The topological polar surface area (TPSA) is 34.1 Å². The first-order valence-corrected chi connectivity index (χ1v) is 18.1. The van der Waals surface area contributed by atoms with E-state index in [0.717, 1.165) is 32.7 Å². The van der Waals surface area contributed by atoms with E-state index in [2.05, 4.69) is 100 Å². The molecule has 2 aliphatic rings. The monoisotopic (exact) mass is 668 g/mol. The van der Waals surface area contributed by atoms with Gasteiger partial charge in [-0.2, -0.15) is 0 Å². The van der Waals surface area contributed by atoms with Crippen molar-refractivity contribution in [2.75, 3.05) is 0 Å². The third-order valence-electron chi connectivity index (χ3n) is 12.0. The second-order valence-corrected chi connectivity index (χ2v) is 15.5. The Kier molecular flexibility index (Phi) is 6.31. The first-order valence-electron chi connectivity index (χ1n) is 18.1. The molecule has 52 heavy (non-hydrogen) atoms. The SMILES string of the molecule is CC1(C)c2cc(C(=O)c3ccccc3)c3ccccc3c2-c2ccc3c4c(ccc3c21)-c1c(cc(C(=O)c2ccccc2)c2ccccc12)C4(C)C. The summed E-state index contributed by atoms with van der Waals surface area (Å²) in [7, 11) is 0. The predicted octanol–water partition coefficient (Wildman–Crippen LogP) is 12.2. The summed E-state index contributed by atoms with van der Waals surface area (Å²) in [6.07, 6.45) is 0. The number of benzene rings is 8. The Labute approximate surface area is 303 Å². The van der Waals surface area contributed by atoms with Gasteiger partial charge in [0.1, 0.15) is 0 Å². The first kappa shape index (κ1) is 30.7. The van der Waals surface area contributed by atoms with E-state index in [-0.39, 0.29) is 22.4 Å². The Hall–Kier alpha value is -6.12. The van der Waals surface area contributed by atoms with Gasteiger partial charge in [0.05, 0.1) is 0 Å². The van der Waals surface area contributed by atoms with Crippen molar-refractivity contribution in [1.82, 2.24) is 0 Å². The molecule has 0 radical (unpaired) electrons. The third-order valence-corrected chi connectivity index (χ3v) is 12.0. The maximum atomic E-state index is 14.1. The molecule has 0 unspecified atom stereocenters. The van der Waals surface area contributed by atoms with E-state index >= 15 is 0 Å². The minimum atomic E-state index is -0.355. The van der Waals surface area contributed by atoms with Gasteiger partial charge in [-0.05, 0) is 89.0 Å². The fourth-order valence-electron chi connectivity index (χ4n) is 9.62. The number of carbonyl (C=O) groups is 2. The highest BCUT2D eigenvalue weighted by Gasteiger charge is 2.43. The predicted molar refractivity (Wildman–Crippen MR) is 214 cm³/mol. The van der Waals surface area contributed by atoms with Crippen LogP contribution < -0.4 is 0 Å². The van der Waals surface area contributed by atoms with Gasteiger partial charge in [0.15, 0.2) is 11.6 Å². The Bertz CT molecular complexity index is 2660. The lowest BCUT2D eigenvalue weighted by molar-refractivity contribution is 0.103. The minimum absolute atomic E-state index is 0.0471. The van der Waals surface area contributed by atoms with E-state index < -0.39 is 0 Å². The number of ketones is 2. The van der Waals surface area contributed by atoms with Crippen molar-refractivity contribution in [2.24, 2.45) is 0 Å². The highest BCUT2D eigenvalue weighted by molar-refractivity contribution is 6.22. The van der Waals surface area contributed by atoms with Crippen LogP contribution >= 0.6 is 0 Å². The van der Waals surface area contributed by atoms with Crippen LogP contribution in [-0.2, 0) is 10.8 Å². The van der Waals surface area contributed by atoms with Gasteiger partial charge < -0.3 is 0 Å². The number of carbonyl (C=O) groups excluding carboxylic acids is 2. The molecular formula is C50H36O2. The summed E-state index contributed by atoms with van der Waals surface area (Å²) in [4.78, 5) is 28.2. The molecular weight excluding hydrogens is 633 g/mol. The lowest BCUT2D eigenvalue weighted by Gasteiger charge is -2.27. The summed E-state index contributed by atoms with van der Waals surface area (Å²) in [5, 5.41) is 6.67. The summed E-state index contributed by atoms with van der Waals surface area (Å²) in [5.74, 6) is 0.0942. The number of hydrogen-bond acceptors (Lipinski definition) is 2. The normalized spacial score (nSPS) is 14.6. The van der Waals surface area contributed by atoms with E-state index in [9.17, 15) is 9.59 Å². The molecule has 2 aliphatic carbocycles. The van der Waals surface area contributed by atoms with Crippen LogP contribution in [0.5, 0.6) is 0 Å². The second-order valence-electron chi connectivity index (χ2n) is 15.5. The molecule has 0 heterocycles. The summed E-state index contributed by atoms with van der Waals surface area (Å²) < 4.78 is 0. The van der Waals surface area contributed by atoms with Gasteiger partial charge in [-0.1, -0.05) is 161 Å². The molecule has 0 spiro atoms. The van der Waals surface area contributed by atoms with Crippen LogP contribution in [-0.4, -0.2) is 11.6 Å². The zero-order valence-electron chi connectivity index (χ0n) is 29.7. The molecule has 8 aromatic carbocycles. The highest BCUT2D eigenvalue weighted by Crippen LogP contribution is 2.58. The molecule has 0 atom stereocenters. The summed E-state index contributed by atoms with van der Waals surface area (Å²) in [6, 6.07) is 49.6. The molecule has 10 rings (SSSR count). The maximum Gasteiger partial charge on any atom is 0.193 e. The molecule has 2 heteroatoms. The standard InChI is InChI=1S/C50H36O2/c1-49(2)41-27-39(47(51)29-15-7-5-8-16-29)31-19-11-13-21-33(31)43(41)37-25-24-36-35(45(37)49)23-26-38-44-34-22-14-12-20-32(34)40(28-42(44)50(3,4)46(36)38)48(52)30-17-9-6-10-18-30/h5-28H,1-4H3. The first-order chi connectivity index (χ1) is 25.2.